The highest BCUT2D eigenvalue weighted by molar-refractivity contribution is 5.84. The fourth-order valence-corrected chi connectivity index (χ4v) is 3.03. The van der Waals surface area contributed by atoms with Crippen LogP contribution in [-0.4, -0.2) is 22.0 Å². The molecule has 0 aliphatic heterocycles. The van der Waals surface area contributed by atoms with Gasteiger partial charge in [-0.05, 0) is 36.6 Å². The highest BCUT2D eigenvalue weighted by atomic mass is 16.1. The molecule has 24 heavy (non-hydrogen) atoms. The summed E-state index contributed by atoms with van der Waals surface area (Å²) in [5, 5.41) is 4.26. The fraction of sp³-hybridized carbons (Fsp3) is 0.300. The smallest absolute Gasteiger partial charge is 0.220 e. The molecule has 124 valence electrons. The SMILES string of the molecule is Cn1cc(CCCC(=O)NCCc2ccccn2)c2ccccc21. The summed E-state index contributed by atoms with van der Waals surface area (Å²) in [6.07, 6.45) is 7.07. The quantitative estimate of drug-likeness (QED) is 0.726. The number of amides is 1. The zero-order chi connectivity index (χ0) is 16.8. The van der Waals surface area contributed by atoms with Crippen LogP contribution in [0.1, 0.15) is 24.1 Å². The summed E-state index contributed by atoms with van der Waals surface area (Å²) < 4.78 is 2.15. The van der Waals surface area contributed by atoms with Crippen molar-refractivity contribution in [3.8, 4) is 0 Å². The first-order valence-electron chi connectivity index (χ1n) is 8.43. The van der Waals surface area contributed by atoms with Gasteiger partial charge < -0.3 is 9.88 Å². The van der Waals surface area contributed by atoms with E-state index in [0.29, 0.717) is 13.0 Å². The summed E-state index contributed by atoms with van der Waals surface area (Å²) in [4.78, 5) is 16.2. The minimum Gasteiger partial charge on any atom is -0.356 e. The van der Waals surface area contributed by atoms with E-state index in [9.17, 15) is 4.79 Å². The fourth-order valence-electron chi connectivity index (χ4n) is 3.03. The van der Waals surface area contributed by atoms with E-state index in [2.05, 4.69) is 52.4 Å². The lowest BCUT2D eigenvalue weighted by molar-refractivity contribution is -0.121. The molecule has 1 amide bonds. The summed E-state index contributed by atoms with van der Waals surface area (Å²) in [5.74, 6) is 0.117. The third-order valence-electron chi connectivity index (χ3n) is 4.26. The van der Waals surface area contributed by atoms with Gasteiger partial charge in [-0.1, -0.05) is 24.3 Å². The molecule has 0 aliphatic carbocycles. The van der Waals surface area contributed by atoms with E-state index < -0.39 is 0 Å². The van der Waals surface area contributed by atoms with Crippen molar-refractivity contribution in [1.82, 2.24) is 14.9 Å². The van der Waals surface area contributed by atoms with Crippen LogP contribution in [0.5, 0.6) is 0 Å². The third-order valence-corrected chi connectivity index (χ3v) is 4.26. The van der Waals surface area contributed by atoms with Crippen LogP contribution in [0, 0.1) is 0 Å². The number of hydrogen-bond donors (Lipinski definition) is 1. The van der Waals surface area contributed by atoms with Gasteiger partial charge in [0.2, 0.25) is 5.91 Å². The summed E-state index contributed by atoms with van der Waals surface area (Å²) >= 11 is 0. The molecular formula is C20H23N3O. The Morgan fingerprint density at radius 3 is 2.79 bits per heavy atom. The molecule has 0 saturated carbocycles. The molecule has 0 aliphatic rings. The largest absolute Gasteiger partial charge is 0.356 e. The van der Waals surface area contributed by atoms with Gasteiger partial charge in [-0.3, -0.25) is 9.78 Å². The third kappa shape index (κ3) is 4.02. The number of aromatic nitrogens is 2. The van der Waals surface area contributed by atoms with Crippen LogP contribution in [0.15, 0.2) is 54.9 Å². The number of carbonyl (C=O) groups excluding carboxylic acids is 1. The van der Waals surface area contributed by atoms with Crippen LogP contribution in [0.2, 0.25) is 0 Å². The molecule has 4 heteroatoms. The molecule has 2 heterocycles. The molecule has 3 rings (SSSR count). The Kier molecular flexibility index (Phi) is 5.26. The van der Waals surface area contributed by atoms with E-state index in [1.807, 2.05) is 18.2 Å². The summed E-state index contributed by atoms with van der Waals surface area (Å²) in [6, 6.07) is 14.2. The Balaban J connectivity index is 1.43. The van der Waals surface area contributed by atoms with Crippen molar-refractivity contribution in [1.29, 1.82) is 0 Å². The van der Waals surface area contributed by atoms with Crippen LogP contribution in [0.4, 0.5) is 0 Å². The van der Waals surface area contributed by atoms with Crippen molar-refractivity contribution < 1.29 is 4.79 Å². The number of pyridine rings is 1. The van der Waals surface area contributed by atoms with Gasteiger partial charge in [0, 0.05) is 55.4 Å². The molecule has 2 aromatic heterocycles. The monoisotopic (exact) mass is 321 g/mol. The van der Waals surface area contributed by atoms with Crippen LogP contribution < -0.4 is 5.32 Å². The zero-order valence-corrected chi connectivity index (χ0v) is 14.0. The average molecular weight is 321 g/mol. The van der Waals surface area contributed by atoms with E-state index in [1.54, 1.807) is 6.20 Å². The van der Waals surface area contributed by atoms with Crippen LogP contribution in [0.3, 0.4) is 0 Å². The van der Waals surface area contributed by atoms with Crippen LogP contribution >= 0.6 is 0 Å². The number of rotatable bonds is 7. The number of para-hydroxylation sites is 1. The minimum absolute atomic E-state index is 0.117. The number of hydrogen-bond acceptors (Lipinski definition) is 2. The van der Waals surface area contributed by atoms with Gasteiger partial charge in [0.15, 0.2) is 0 Å². The molecule has 0 bridgehead atoms. The van der Waals surface area contributed by atoms with Gasteiger partial charge in [-0.25, -0.2) is 0 Å². The number of aryl methyl sites for hydroxylation is 2. The van der Waals surface area contributed by atoms with Gasteiger partial charge in [0.1, 0.15) is 0 Å². The predicted molar refractivity (Wildman–Crippen MR) is 96.8 cm³/mol. The second-order valence-electron chi connectivity index (χ2n) is 6.06. The Labute approximate surface area is 142 Å². The first kappa shape index (κ1) is 16.2. The molecular weight excluding hydrogens is 298 g/mol. The molecule has 0 atom stereocenters. The summed E-state index contributed by atoms with van der Waals surface area (Å²) in [6.45, 7) is 0.643. The van der Waals surface area contributed by atoms with E-state index >= 15 is 0 Å². The van der Waals surface area contributed by atoms with Crippen molar-refractivity contribution in [2.75, 3.05) is 6.54 Å². The lowest BCUT2D eigenvalue weighted by atomic mass is 10.1. The van der Waals surface area contributed by atoms with Crippen molar-refractivity contribution in [2.45, 2.75) is 25.7 Å². The maximum atomic E-state index is 12.0. The Morgan fingerprint density at radius 2 is 1.96 bits per heavy atom. The van der Waals surface area contributed by atoms with Crippen LogP contribution in [0.25, 0.3) is 10.9 Å². The van der Waals surface area contributed by atoms with Gasteiger partial charge in [-0.2, -0.15) is 0 Å². The Bertz CT molecular complexity index is 808. The molecule has 0 radical (unpaired) electrons. The number of nitrogens with one attached hydrogen (secondary N) is 1. The lowest BCUT2D eigenvalue weighted by Crippen LogP contribution is -2.25. The highest BCUT2D eigenvalue weighted by Crippen LogP contribution is 2.21. The average Bonchev–Trinajstić information content (AvgIpc) is 2.92. The van der Waals surface area contributed by atoms with Crippen molar-refractivity contribution in [2.24, 2.45) is 7.05 Å². The number of fused-ring (bicyclic) bond motifs is 1. The van der Waals surface area contributed by atoms with Gasteiger partial charge >= 0.3 is 0 Å². The minimum atomic E-state index is 0.117. The maximum Gasteiger partial charge on any atom is 0.220 e. The van der Waals surface area contributed by atoms with Crippen molar-refractivity contribution in [3.63, 3.8) is 0 Å². The topological polar surface area (TPSA) is 46.9 Å². The standard InChI is InChI=1S/C20H23N3O/c1-23-15-16(18-9-2-3-10-19(18)23)7-6-11-20(24)22-14-12-17-8-4-5-13-21-17/h2-5,8-10,13,15H,6-7,11-12,14H2,1H3,(H,22,24). The Hall–Kier alpha value is -2.62. The van der Waals surface area contributed by atoms with Gasteiger partial charge in [0.25, 0.3) is 0 Å². The lowest BCUT2D eigenvalue weighted by Gasteiger charge is -2.05. The van der Waals surface area contributed by atoms with E-state index in [-0.39, 0.29) is 5.91 Å². The van der Waals surface area contributed by atoms with Crippen molar-refractivity contribution in [3.05, 3.63) is 66.1 Å². The van der Waals surface area contributed by atoms with Crippen molar-refractivity contribution >= 4 is 16.8 Å². The molecule has 4 nitrogen and oxygen atoms in total. The number of benzene rings is 1. The normalized spacial score (nSPS) is 10.9. The van der Waals surface area contributed by atoms with E-state index in [4.69, 9.17) is 0 Å². The van der Waals surface area contributed by atoms with Gasteiger partial charge in [-0.15, -0.1) is 0 Å². The molecule has 1 aromatic carbocycles. The van der Waals surface area contributed by atoms with E-state index in [0.717, 1.165) is 25.0 Å². The highest BCUT2D eigenvalue weighted by Gasteiger charge is 2.07. The second-order valence-corrected chi connectivity index (χ2v) is 6.06. The summed E-state index contributed by atoms with van der Waals surface area (Å²) in [5.41, 5.74) is 3.57. The maximum absolute atomic E-state index is 12.0. The molecule has 0 saturated heterocycles. The first-order valence-corrected chi connectivity index (χ1v) is 8.43. The number of nitrogens with zero attached hydrogens (tertiary/aromatic N) is 2. The molecule has 1 N–H and O–H groups in total. The van der Waals surface area contributed by atoms with Gasteiger partial charge in [0.05, 0.1) is 0 Å². The summed E-state index contributed by atoms with van der Waals surface area (Å²) in [7, 11) is 2.07. The van der Waals surface area contributed by atoms with Crippen LogP contribution in [-0.2, 0) is 24.7 Å². The Morgan fingerprint density at radius 1 is 1.12 bits per heavy atom. The molecule has 3 aromatic rings. The number of carbonyl (C=O) groups is 1. The molecule has 0 fully saturated rings. The van der Waals surface area contributed by atoms with E-state index in [1.165, 1.54) is 16.5 Å². The second kappa shape index (κ2) is 7.77. The molecule has 0 spiro atoms. The predicted octanol–water partition coefficient (Wildman–Crippen LogP) is 3.25. The molecule has 0 unspecified atom stereocenters. The first-order chi connectivity index (χ1) is 11.7. The zero-order valence-electron chi connectivity index (χ0n) is 14.0.